The van der Waals surface area contributed by atoms with Crippen molar-refractivity contribution >= 4 is 32.4 Å². The highest BCUT2D eigenvalue weighted by Crippen LogP contribution is 2.30. The summed E-state index contributed by atoms with van der Waals surface area (Å²) in [5.74, 6) is 0. The van der Waals surface area contributed by atoms with E-state index in [0.29, 0.717) is 5.56 Å². The minimum atomic E-state index is -3.79. The molecule has 0 saturated carbocycles. The fourth-order valence-electron chi connectivity index (χ4n) is 1.93. The minimum Gasteiger partial charge on any atom is -0.397 e. The van der Waals surface area contributed by atoms with Crippen LogP contribution in [-0.2, 0) is 9.84 Å². The first kappa shape index (κ1) is 14.6. The van der Waals surface area contributed by atoms with Gasteiger partial charge in [0.1, 0.15) is 0 Å². The summed E-state index contributed by atoms with van der Waals surface area (Å²) in [4.78, 5) is 11.3. The molecule has 0 bridgehead atoms. The van der Waals surface area contributed by atoms with Gasteiger partial charge in [0.2, 0.25) is 9.84 Å². The number of benzene rings is 2. The average Bonchev–Trinajstić information content (AvgIpc) is 2.38. The van der Waals surface area contributed by atoms with Crippen molar-refractivity contribution in [1.29, 1.82) is 0 Å². The van der Waals surface area contributed by atoms with Gasteiger partial charge in [-0.25, -0.2) is 8.42 Å². The van der Waals surface area contributed by atoms with Crippen molar-refractivity contribution < 1.29 is 13.2 Å². The van der Waals surface area contributed by atoms with Crippen LogP contribution in [0.2, 0.25) is 0 Å². The number of nitrogens with two attached hydrogens (primary N) is 1. The molecule has 0 unspecified atom stereocenters. The maximum absolute atomic E-state index is 12.6. The molecule has 104 valence electrons. The van der Waals surface area contributed by atoms with Gasteiger partial charge in [0.15, 0.2) is 0 Å². The van der Waals surface area contributed by atoms with Crippen LogP contribution < -0.4 is 5.73 Å². The molecule has 20 heavy (non-hydrogen) atoms. The zero-order chi connectivity index (χ0) is 14.9. The quantitative estimate of drug-likeness (QED) is 0.698. The summed E-state index contributed by atoms with van der Waals surface area (Å²) in [6.45, 7) is 1.69. The Morgan fingerprint density at radius 3 is 2.25 bits per heavy atom. The number of para-hydroxylation sites is 1. The molecule has 0 aromatic heterocycles. The van der Waals surface area contributed by atoms with Crippen LogP contribution in [0.5, 0.6) is 0 Å². The van der Waals surface area contributed by atoms with Gasteiger partial charge in [0.05, 0.1) is 21.0 Å². The van der Waals surface area contributed by atoms with Gasteiger partial charge in [0, 0.05) is 0 Å². The molecule has 0 spiro atoms. The van der Waals surface area contributed by atoms with Crippen LogP contribution in [0.1, 0.15) is 15.9 Å². The smallest absolute Gasteiger partial charge is 0.254 e. The zero-order valence-corrected chi connectivity index (χ0v) is 12.2. The Labute approximate surface area is 122 Å². The van der Waals surface area contributed by atoms with Crippen molar-refractivity contribution in [2.24, 2.45) is 0 Å². The molecule has 0 atom stereocenters. The molecular formula is C14H12ClNO3S. The maximum Gasteiger partial charge on any atom is 0.254 e. The second-order valence-corrected chi connectivity index (χ2v) is 6.49. The normalized spacial score (nSPS) is 11.3. The van der Waals surface area contributed by atoms with E-state index in [1.807, 2.05) is 0 Å². The molecule has 0 radical (unpaired) electrons. The van der Waals surface area contributed by atoms with Crippen molar-refractivity contribution in [3.8, 4) is 0 Å². The molecule has 0 amide bonds. The Bertz CT molecular complexity index is 785. The van der Waals surface area contributed by atoms with E-state index in [4.69, 9.17) is 17.3 Å². The molecule has 0 saturated heterocycles. The van der Waals surface area contributed by atoms with E-state index < -0.39 is 15.1 Å². The van der Waals surface area contributed by atoms with E-state index in [9.17, 15) is 13.2 Å². The molecule has 0 aliphatic rings. The van der Waals surface area contributed by atoms with Crippen molar-refractivity contribution in [2.75, 3.05) is 5.73 Å². The molecule has 4 nitrogen and oxygen atoms in total. The SMILES string of the molecule is Cc1ccccc1S(=O)(=O)c1cccc(C(=O)Cl)c1N. The first-order valence-corrected chi connectivity index (χ1v) is 7.61. The topological polar surface area (TPSA) is 77.2 Å². The van der Waals surface area contributed by atoms with Crippen molar-refractivity contribution in [1.82, 2.24) is 0 Å². The number of rotatable bonds is 3. The van der Waals surface area contributed by atoms with Crippen LogP contribution in [-0.4, -0.2) is 13.7 Å². The number of halogens is 1. The summed E-state index contributed by atoms with van der Waals surface area (Å²) in [6.07, 6.45) is 0. The lowest BCUT2D eigenvalue weighted by Crippen LogP contribution is -2.09. The van der Waals surface area contributed by atoms with Gasteiger partial charge in [-0.15, -0.1) is 0 Å². The van der Waals surface area contributed by atoms with E-state index in [1.54, 1.807) is 25.1 Å². The van der Waals surface area contributed by atoms with Crippen LogP contribution in [0.15, 0.2) is 52.3 Å². The number of sulfone groups is 1. The number of anilines is 1. The Kier molecular flexibility index (Phi) is 3.83. The minimum absolute atomic E-state index is 0.0127. The highest BCUT2D eigenvalue weighted by Gasteiger charge is 2.24. The molecular weight excluding hydrogens is 298 g/mol. The highest BCUT2D eigenvalue weighted by atomic mass is 35.5. The van der Waals surface area contributed by atoms with Gasteiger partial charge < -0.3 is 5.73 Å². The van der Waals surface area contributed by atoms with E-state index in [1.165, 1.54) is 24.3 Å². The predicted octanol–water partition coefficient (Wildman–Crippen LogP) is 2.79. The third-order valence-corrected chi connectivity index (χ3v) is 5.13. The second kappa shape index (κ2) is 5.26. The molecule has 0 heterocycles. The summed E-state index contributed by atoms with van der Waals surface area (Å²) in [5.41, 5.74) is 6.24. The van der Waals surface area contributed by atoms with Gasteiger partial charge in [-0.1, -0.05) is 24.3 Å². The van der Waals surface area contributed by atoms with Gasteiger partial charge >= 0.3 is 0 Å². The molecule has 0 aliphatic carbocycles. The van der Waals surface area contributed by atoms with Crippen LogP contribution in [0, 0.1) is 6.92 Å². The standard InChI is InChI=1S/C14H12ClNO3S/c1-9-5-2-3-7-11(9)20(18,19)12-8-4-6-10(13(12)16)14(15)17/h2-8H,16H2,1H3. The summed E-state index contributed by atoms with van der Waals surface area (Å²) in [6, 6.07) is 10.8. The number of hydrogen-bond donors (Lipinski definition) is 1. The van der Waals surface area contributed by atoms with Crippen LogP contribution in [0.25, 0.3) is 0 Å². The number of carbonyl (C=O) groups excluding carboxylic acids is 1. The van der Waals surface area contributed by atoms with Crippen molar-refractivity contribution in [2.45, 2.75) is 16.7 Å². The monoisotopic (exact) mass is 309 g/mol. The van der Waals surface area contributed by atoms with Gasteiger partial charge in [-0.3, -0.25) is 4.79 Å². The fraction of sp³-hybridized carbons (Fsp3) is 0.0714. The van der Waals surface area contributed by atoms with Crippen molar-refractivity contribution in [3.63, 3.8) is 0 Å². The first-order valence-electron chi connectivity index (χ1n) is 5.74. The fourth-order valence-corrected chi connectivity index (χ4v) is 3.73. The molecule has 0 aliphatic heterocycles. The van der Waals surface area contributed by atoms with E-state index in [-0.39, 0.29) is 21.0 Å². The Balaban J connectivity index is 2.71. The molecule has 2 aromatic carbocycles. The number of aryl methyl sites for hydroxylation is 1. The Hall–Kier alpha value is -1.85. The van der Waals surface area contributed by atoms with Crippen molar-refractivity contribution in [3.05, 3.63) is 53.6 Å². The predicted molar refractivity (Wildman–Crippen MR) is 77.7 cm³/mol. The van der Waals surface area contributed by atoms with Gasteiger partial charge in [-0.05, 0) is 42.3 Å². The Morgan fingerprint density at radius 2 is 1.65 bits per heavy atom. The molecule has 0 fully saturated rings. The highest BCUT2D eigenvalue weighted by molar-refractivity contribution is 7.91. The number of carbonyl (C=O) groups is 1. The first-order chi connectivity index (χ1) is 9.35. The van der Waals surface area contributed by atoms with Gasteiger partial charge in [-0.2, -0.15) is 0 Å². The van der Waals surface area contributed by atoms with Crippen LogP contribution in [0.4, 0.5) is 5.69 Å². The van der Waals surface area contributed by atoms with E-state index in [0.717, 1.165) is 0 Å². The largest absolute Gasteiger partial charge is 0.397 e. The zero-order valence-electron chi connectivity index (χ0n) is 10.6. The summed E-state index contributed by atoms with van der Waals surface area (Å²) in [5, 5.41) is -0.788. The molecule has 2 N–H and O–H groups in total. The average molecular weight is 310 g/mol. The van der Waals surface area contributed by atoms with Crippen LogP contribution >= 0.6 is 11.6 Å². The van der Waals surface area contributed by atoms with E-state index >= 15 is 0 Å². The molecule has 2 rings (SSSR count). The molecule has 2 aromatic rings. The third kappa shape index (κ3) is 2.42. The summed E-state index contributed by atoms with van der Waals surface area (Å²) < 4.78 is 25.2. The van der Waals surface area contributed by atoms with Crippen LogP contribution in [0.3, 0.4) is 0 Å². The lowest BCUT2D eigenvalue weighted by atomic mass is 10.2. The van der Waals surface area contributed by atoms with E-state index in [2.05, 4.69) is 0 Å². The lowest BCUT2D eigenvalue weighted by molar-refractivity contribution is 0.108. The maximum atomic E-state index is 12.6. The third-order valence-electron chi connectivity index (χ3n) is 2.95. The number of hydrogen-bond acceptors (Lipinski definition) is 4. The second-order valence-electron chi connectivity index (χ2n) is 4.26. The van der Waals surface area contributed by atoms with Gasteiger partial charge in [0.25, 0.3) is 5.24 Å². The summed E-state index contributed by atoms with van der Waals surface area (Å²) in [7, 11) is -3.79. The lowest BCUT2D eigenvalue weighted by Gasteiger charge is -2.11. The molecule has 6 heteroatoms. The Morgan fingerprint density at radius 1 is 1.05 bits per heavy atom. The summed E-state index contributed by atoms with van der Waals surface area (Å²) >= 11 is 5.39. The number of nitrogen functional groups attached to an aromatic ring is 1.